The van der Waals surface area contributed by atoms with Gasteiger partial charge in [0.05, 0.1) is 0 Å². The van der Waals surface area contributed by atoms with Crippen LogP contribution >= 0.6 is 0 Å². The van der Waals surface area contributed by atoms with Gasteiger partial charge in [0.1, 0.15) is 29.9 Å². The van der Waals surface area contributed by atoms with Crippen LogP contribution in [0.2, 0.25) is 0 Å². The van der Waals surface area contributed by atoms with Crippen molar-refractivity contribution in [1.82, 2.24) is 31.2 Å². The topological polar surface area (TPSA) is 195 Å². The number of nitrogens with one attached hydrogen (secondary N) is 6. The fourth-order valence-corrected chi connectivity index (χ4v) is 7.73. The number of para-hydroxylation sites is 2. The average Bonchev–Trinajstić information content (AvgIpc) is 3.89. The molecule has 2 aliphatic rings. The normalized spacial score (nSPS) is 19.1. The Morgan fingerprint density at radius 3 is 1.66 bits per heavy atom. The summed E-state index contributed by atoms with van der Waals surface area (Å²) in [7, 11) is 0. The van der Waals surface area contributed by atoms with Crippen molar-refractivity contribution in [3.8, 4) is 16.9 Å². The number of ether oxygens (including phenoxy) is 1. The van der Waals surface area contributed by atoms with Crippen molar-refractivity contribution in [2.45, 2.75) is 49.9 Å². The van der Waals surface area contributed by atoms with Crippen molar-refractivity contribution in [2.75, 3.05) is 6.61 Å². The lowest BCUT2D eigenvalue weighted by Crippen LogP contribution is -2.59. The first kappa shape index (κ1) is 40.1. The summed E-state index contributed by atoms with van der Waals surface area (Å²) >= 11 is 0. The van der Waals surface area contributed by atoms with E-state index in [0.717, 1.165) is 49.6 Å². The molecule has 2 aromatic heterocycles. The molecule has 13 heteroatoms. The zero-order valence-corrected chi connectivity index (χ0v) is 33.0. The molecule has 4 heterocycles. The quantitative estimate of drug-likeness (QED) is 0.105. The Hall–Kier alpha value is -7.67. The van der Waals surface area contributed by atoms with Gasteiger partial charge in [0.15, 0.2) is 6.61 Å². The Balaban J connectivity index is 1.16. The Kier molecular flexibility index (Phi) is 11.9. The summed E-state index contributed by atoms with van der Waals surface area (Å²) in [6.07, 6.45) is 3.58. The van der Waals surface area contributed by atoms with Gasteiger partial charge in [-0.15, -0.1) is 0 Å². The molecular formula is C48H44N6O7. The van der Waals surface area contributed by atoms with Crippen LogP contribution < -0.4 is 26.0 Å². The molecule has 61 heavy (non-hydrogen) atoms. The Morgan fingerprint density at radius 1 is 0.557 bits per heavy atom. The summed E-state index contributed by atoms with van der Waals surface area (Å²) < 4.78 is 5.77. The van der Waals surface area contributed by atoms with E-state index in [4.69, 9.17) is 4.74 Å². The van der Waals surface area contributed by atoms with Crippen LogP contribution in [-0.2, 0) is 49.7 Å². The number of H-pyrrole nitrogens is 2. The third-order valence-corrected chi connectivity index (χ3v) is 11.0. The molecule has 0 spiro atoms. The molecule has 2 bridgehead atoms. The maximum atomic E-state index is 14.7. The summed E-state index contributed by atoms with van der Waals surface area (Å²) in [6, 6.07) is 34.1. The van der Waals surface area contributed by atoms with Crippen LogP contribution in [-0.4, -0.2) is 75.4 Å². The molecule has 0 saturated carbocycles. The van der Waals surface area contributed by atoms with Crippen LogP contribution in [0.1, 0.15) is 22.3 Å². The number of aromatic nitrogens is 2. The molecule has 0 aliphatic carbocycles. The summed E-state index contributed by atoms with van der Waals surface area (Å²) in [5, 5.41) is 23.2. The van der Waals surface area contributed by atoms with Gasteiger partial charge in [-0.1, -0.05) is 103 Å². The molecule has 308 valence electrons. The van der Waals surface area contributed by atoms with Crippen LogP contribution in [0.15, 0.2) is 140 Å². The van der Waals surface area contributed by atoms with Gasteiger partial charge in [-0.25, -0.2) is 4.79 Å². The molecule has 2 aliphatic heterocycles. The molecule has 4 amide bonds. The standard InChI is InChI=1S/C48H44N6O7/c55-44-28-61-35-20-16-30(17-21-35)23-43(48(59)60)54-47(58)42(25-34-27-50-39-13-7-5-11-37(34)39)53-45(56)40(22-29-14-18-32(19-15-29)31-8-2-1-3-9-31)52-46(57)41(51-44)24-33-26-49-38-12-6-4-10-36(33)38/h1-21,26-27,40-43,49-50H,22-25,28H2,(H,51,55)(H,52,57)(H,53,56)(H,54,58)(H,59,60)/t40-,41+,42+,43-/m1/s1. The van der Waals surface area contributed by atoms with Gasteiger partial charge in [-0.2, -0.15) is 0 Å². The summed E-state index contributed by atoms with van der Waals surface area (Å²) in [5.74, 6) is -3.52. The first-order valence-electron chi connectivity index (χ1n) is 20.1. The molecule has 0 radical (unpaired) electrons. The molecular weight excluding hydrogens is 773 g/mol. The van der Waals surface area contributed by atoms with E-state index in [0.29, 0.717) is 11.3 Å². The highest BCUT2D eigenvalue weighted by molar-refractivity contribution is 5.96. The van der Waals surface area contributed by atoms with E-state index in [9.17, 15) is 29.1 Å². The SMILES string of the molecule is O=C1COc2ccc(cc2)C[C@H](C(=O)O)NC(=O)[C@H](Cc2c[nH]c3ccccc23)NC(=O)[C@@H](Cc2ccc(-c3ccccc3)cc2)NC(=O)[C@H](Cc2c[nH]c3ccccc23)N1. The van der Waals surface area contributed by atoms with Crippen molar-refractivity contribution in [3.63, 3.8) is 0 Å². The van der Waals surface area contributed by atoms with E-state index in [1.54, 1.807) is 36.7 Å². The highest BCUT2D eigenvalue weighted by Crippen LogP contribution is 2.23. The minimum atomic E-state index is -1.35. The monoisotopic (exact) mass is 816 g/mol. The molecule has 0 unspecified atom stereocenters. The predicted octanol–water partition coefficient (Wildman–Crippen LogP) is 5.00. The van der Waals surface area contributed by atoms with Crippen LogP contribution in [0.5, 0.6) is 5.75 Å². The van der Waals surface area contributed by atoms with Crippen molar-refractivity contribution < 1.29 is 33.8 Å². The third kappa shape index (κ3) is 9.63. The molecule has 13 nitrogen and oxygen atoms in total. The van der Waals surface area contributed by atoms with Crippen molar-refractivity contribution in [3.05, 3.63) is 162 Å². The largest absolute Gasteiger partial charge is 0.484 e. The van der Waals surface area contributed by atoms with Gasteiger partial charge in [0.25, 0.3) is 5.91 Å². The van der Waals surface area contributed by atoms with Crippen LogP contribution in [0.3, 0.4) is 0 Å². The van der Waals surface area contributed by atoms with Gasteiger partial charge in [0, 0.05) is 59.9 Å². The van der Waals surface area contributed by atoms with E-state index < -0.39 is 60.4 Å². The minimum absolute atomic E-state index is 0.00560. The van der Waals surface area contributed by atoms with Gasteiger partial charge in [-0.3, -0.25) is 19.2 Å². The number of carboxylic acid groups (broad SMARTS) is 1. The number of aliphatic carboxylic acids is 1. The van der Waals surface area contributed by atoms with Gasteiger partial charge >= 0.3 is 5.97 Å². The molecule has 7 aromatic rings. The lowest BCUT2D eigenvalue weighted by Gasteiger charge is -2.26. The molecule has 0 fully saturated rings. The van der Waals surface area contributed by atoms with E-state index >= 15 is 0 Å². The van der Waals surface area contributed by atoms with Crippen molar-refractivity contribution in [2.24, 2.45) is 0 Å². The first-order valence-corrected chi connectivity index (χ1v) is 20.1. The summed E-state index contributed by atoms with van der Waals surface area (Å²) in [6.45, 7) is -0.419. The average molecular weight is 817 g/mol. The van der Waals surface area contributed by atoms with Crippen LogP contribution in [0.25, 0.3) is 32.9 Å². The Morgan fingerprint density at radius 2 is 1.07 bits per heavy atom. The summed E-state index contributed by atoms with van der Waals surface area (Å²) in [5.41, 5.74) is 6.44. The predicted molar refractivity (Wildman–Crippen MR) is 231 cm³/mol. The number of hydrogen-bond acceptors (Lipinski definition) is 6. The number of amides is 4. The smallest absolute Gasteiger partial charge is 0.326 e. The van der Waals surface area contributed by atoms with E-state index in [1.165, 1.54) is 0 Å². The Labute approximate surface area is 350 Å². The van der Waals surface area contributed by atoms with Crippen LogP contribution in [0, 0.1) is 0 Å². The van der Waals surface area contributed by atoms with E-state index in [1.807, 2.05) is 103 Å². The molecule has 4 atom stereocenters. The molecule has 7 N–H and O–H groups in total. The fourth-order valence-electron chi connectivity index (χ4n) is 7.73. The molecule has 5 aromatic carbocycles. The second kappa shape index (κ2) is 18.1. The van der Waals surface area contributed by atoms with Crippen LogP contribution in [0.4, 0.5) is 0 Å². The highest BCUT2D eigenvalue weighted by Gasteiger charge is 2.33. The molecule has 0 saturated heterocycles. The number of hydrogen-bond donors (Lipinski definition) is 7. The minimum Gasteiger partial charge on any atom is -0.484 e. The van der Waals surface area contributed by atoms with Gasteiger partial charge < -0.3 is 41.1 Å². The molecule has 9 rings (SSSR count). The maximum Gasteiger partial charge on any atom is 0.326 e. The second-order valence-electron chi connectivity index (χ2n) is 15.2. The van der Waals surface area contributed by atoms with E-state index in [-0.39, 0.29) is 25.7 Å². The summed E-state index contributed by atoms with van der Waals surface area (Å²) in [4.78, 5) is 75.9. The highest BCUT2D eigenvalue weighted by atomic mass is 16.5. The second-order valence-corrected chi connectivity index (χ2v) is 15.2. The van der Waals surface area contributed by atoms with Crippen molar-refractivity contribution in [1.29, 1.82) is 0 Å². The lowest BCUT2D eigenvalue weighted by atomic mass is 9.98. The third-order valence-electron chi connectivity index (χ3n) is 11.0. The van der Waals surface area contributed by atoms with Crippen molar-refractivity contribution >= 4 is 51.4 Å². The number of carboxylic acids is 1. The maximum absolute atomic E-state index is 14.7. The zero-order chi connectivity index (χ0) is 42.3. The Bertz CT molecular complexity index is 2690. The number of fused-ring (bicyclic) bond motifs is 18. The fraction of sp³-hybridized carbons (Fsp3) is 0.188. The number of aromatic amines is 2. The number of carbonyl (C=O) groups is 5. The van der Waals surface area contributed by atoms with Gasteiger partial charge in [0.2, 0.25) is 17.7 Å². The number of benzene rings is 5. The number of carbonyl (C=O) groups excluding carboxylic acids is 4. The lowest BCUT2D eigenvalue weighted by molar-refractivity contribution is -0.142. The van der Waals surface area contributed by atoms with Gasteiger partial charge in [-0.05, 0) is 57.6 Å². The first-order chi connectivity index (χ1) is 29.7. The van der Waals surface area contributed by atoms with E-state index in [2.05, 4.69) is 31.2 Å². The zero-order valence-electron chi connectivity index (χ0n) is 33.0. The number of rotatable bonds is 8.